The molecule has 1 amide bonds. The number of amides is 1. The van der Waals surface area contributed by atoms with Crippen LogP contribution in [0.2, 0.25) is 0 Å². The van der Waals surface area contributed by atoms with Crippen molar-refractivity contribution in [3.8, 4) is 0 Å². The smallest absolute Gasteiger partial charge is 0.296 e. The van der Waals surface area contributed by atoms with Gasteiger partial charge in [0.25, 0.3) is 5.91 Å². The summed E-state index contributed by atoms with van der Waals surface area (Å²) >= 11 is 5.97. The lowest BCUT2D eigenvalue weighted by molar-refractivity contribution is -0.117. The summed E-state index contributed by atoms with van der Waals surface area (Å²) in [7, 11) is 0. The zero-order valence-corrected chi connectivity index (χ0v) is 16.3. The highest BCUT2D eigenvalue weighted by molar-refractivity contribution is 9.10. The second kappa shape index (κ2) is 6.79. The van der Waals surface area contributed by atoms with Crippen LogP contribution in [0.5, 0.6) is 0 Å². The molecule has 0 aliphatic carbocycles. The van der Waals surface area contributed by atoms with E-state index in [9.17, 15) is 14.7 Å². The highest BCUT2D eigenvalue weighted by atomic mass is 79.9. The van der Waals surface area contributed by atoms with Gasteiger partial charge in [0.2, 0.25) is 5.78 Å². The van der Waals surface area contributed by atoms with Gasteiger partial charge in [-0.3, -0.25) is 14.5 Å². The van der Waals surface area contributed by atoms with Crippen molar-refractivity contribution in [1.82, 2.24) is 4.98 Å². The Hall–Kier alpha value is -2.29. The van der Waals surface area contributed by atoms with Crippen molar-refractivity contribution in [2.75, 3.05) is 4.90 Å². The van der Waals surface area contributed by atoms with Crippen molar-refractivity contribution < 1.29 is 14.7 Å². The average Bonchev–Trinajstić information content (AvgIpc) is 3.37. The van der Waals surface area contributed by atoms with Gasteiger partial charge in [0.05, 0.1) is 16.5 Å². The maximum absolute atomic E-state index is 13.0. The molecular weight excluding hydrogens is 436 g/mol. The van der Waals surface area contributed by atoms with Crippen molar-refractivity contribution >= 4 is 55.4 Å². The van der Waals surface area contributed by atoms with E-state index in [0.717, 1.165) is 4.47 Å². The van der Waals surface area contributed by atoms with Gasteiger partial charge in [0.1, 0.15) is 0 Å². The Morgan fingerprint density at radius 2 is 2.04 bits per heavy atom. The van der Waals surface area contributed by atoms with Crippen molar-refractivity contribution in [2.45, 2.75) is 6.04 Å². The fraction of sp³-hybridized carbons (Fsp3) is 0.0556. The van der Waals surface area contributed by atoms with Crippen LogP contribution in [-0.2, 0) is 4.79 Å². The number of aromatic nitrogens is 1. The molecule has 130 valence electrons. The van der Waals surface area contributed by atoms with Crippen molar-refractivity contribution in [3.63, 3.8) is 0 Å². The summed E-state index contributed by atoms with van der Waals surface area (Å²) < 4.78 is 0.816. The van der Waals surface area contributed by atoms with E-state index in [0.29, 0.717) is 15.6 Å². The summed E-state index contributed by atoms with van der Waals surface area (Å²) in [4.78, 5) is 31.9. The Morgan fingerprint density at radius 1 is 1.19 bits per heavy atom. The number of Topliss-reactive ketones (excluding diaryl/α,β-unsaturated/α-hetero) is 1. The molecule has 1 aliphatic heterocycles. The third-order valence-electron chi connectivity index (χ3n) is 3.99. The number of aliphatic hydroxyl groups excluding tert-OH is 1. The van der Waals surface area contributed by atoms with Gasteiger partial charge in [-0.05, 0) is 29.1 Å². The minimum absolute atomic E-state index is 0.0748. The minimum Gasteiger partial charge on any atom is -0.503 e. The Labute approximate surface area is 165 Å². The Bertz CT molecular complexity index is 1010. The molecule has 3 aromatic rings. The van der Waals surface area contributed by atoms with E-state index in [2.05, 4.69) is 20.9 Å². The molecule has 0 radical (unpaired) electrons. The molecule has 0 bridgehead atoms. The number of thiazole rings is 1. The number of ketones is 1. The first-order valence-electron chi connectivity index (χ1n) is 7.58. The summed E-state index contributed by atoms with van der Waals surface area (Å²) in [5, 5.41) is 14.5. The SMILES string of the molecule is O=C(C1=C(O)C(=O)N(c2nccs2)C1c1cccc(Br)c1)c1cccs1. The number of rotatable bonds is 4. The lowest BCUT2D eigenvalue weighted by atomic mass is 9.96. The van der Waals surface area contributed by atoms with Crippen LogP contribution < -0.4 is 4.90 Å². The second-order valence-corrected chi connectivity index (χ2v) is 8.25. The first kappa shape index (κ1) is 17.1. The van der Waals surface area contributed by atoms with Gasteiger partial charge in [0.15, 0.2) is 10.9 Å². The Kier molecular flexibility index (Phi) is 4.47. The maximum atomic E-state index is 13.0. The Morgan fingerprint density at radius 3 is 2.69 bits per heavy atom. The molecule has 5 nitrogen and oxygen atoms in total. The van der Waals surface area contributed by atoms with Crippen LogP contribution in [0.15, 0.2) is 69.2 Å². The summed E-state index contributed by atoms with van der Waals surface area (Å²) in [6, 6.07) is 10.1. The number of anilines is 1. The molecule has 1 atom stereocenters. The van der Waals surface area contributed by atoms with Crippen LogP contribution in [0, 0.1) is 0 Å². The van der Waals surface area contributed by atoms with Gasteiger partial charge in [-0.25, -0.2) is 4.98 Å². The molecule has 26 heavy (non-hydrogen) atoms. The third kappa shape index (κ3) is 2.80. The molecule has 0 saturated heterocycles. The van der Waals surface area contributed by atoms with E-state index in [-0.39, 0.29) is 11.4 Å². The van der Waals surface area contributed by atoms with E-state index < -0.39 is 17.7 Å². The number of hydrogen-bond donors (Lipinski definition) is 1. The maximum Gasteiger partial charge on any atom is 0.296 e. The predicted octanol–water partition coefficient (Wildman–Crippen LogP) is 4.75. The monoisotopic (exact) mass is 446 g/mol. The van der Waals surface area contributed by atoms with Crippen LogP contribution in [0.4, 0.5) is 5.13 Å². The molecule has 0 fully saturated rings. The van der Waals surface area contributed by atoms with Crippen LogP contribution >= 0.6 is 38.6 Å². The molecular formula is C18H11BrN2O3S2. The fourth-order valence-corrected chi connectivity index (χ4v) is 4.66. The van der Waals surface area contributed by atoms with E-state index in [1.54, 1.807) is 29.1 Å². The molecule has 1 aliphatic rings. The number of carbonyl (C=O) groups excluding carboxylic acids is 2. The van der Waals surface area contributed by atoms with Crippen molar-refractivity contribution in [3.05, 3.63) is 79.6 Å². The minimum atomic E-state index is -0.735. The largest absolute Gasteiger partial charge is 0.503 e. The highest BCUT2D eigenvalue weighted by Crippen LogP contribution is 2.43. The van der Waals surface area contributed by atoms with Crippen LogP contribution in [0.25, 0.3) is 0 Å². The Balaban J connectivity index is 1.89. The molecule has 0 saturated carbocycles. The second-order valence-electron chi connectivity index (χ2n) is 5.52. The number of aliphatic hydroxyl groups is 1. The third-order valence-corrected chi connectivity index (χ3v) is 6.12. The first-order chi connectivity index (χ1) is 12.6. The standard InChI is InChI=1S/C18H11BrN2O3S2/c19-11-4-1-3-10(9-11)14-13(15(22)12-5-2-7-25-12)16(23)17(24)21(14)18-20-6-8-26-18/h1-9,14,23H. The molecule has 2 aromatic heterocycles. The van der Waals surface area contributed by atoms with Gasteiger partial charge < -0.3 is 5.11 Å². The van der Waals surface area contributed by atoms with Crippen LogP contribution in [-0.4, -0.2) is 21.8 Å². The number of carbonyl (C=O) groups is 2. The van der Waals surface area contributed by atoms with Crippen LogP contribution in [0.3, 0.4) is 0 Å². The molecule has 1 unspecified atom stereocenters. The molecule has 0 spiro atoms. The van der Waals surface area contributed by atoms with Gasteiger partial charge in [-0.2, -0.15) is 0 Å². The molecule has 1 N–H and O–H groups in total. The number of benzene rings is 1. The lowest BCUT2D eigenvalue weighted by Crippen LogP contribution is -2.30. The molecule has 4 rings (SSSR count). The van der Waals surface area contributed by atoms with Crippen molar-refractivity contribution in [2.24, 2.45) is 0 Å². The molecule has 3 heterocycles. The topological polar surface area (TPSA) is 70.5 Å². The van der Waals surface area contributed by atoms with Gasteiger partial charge in [0, 0.05) is 16.0 Å². The van der Waals surface area contributed by atoms with E-state index >= 15 is 0 Å². The first-order valence-corrected chi connectivity index (χ1v) is 10.1. The van der Waals surface area contributed by atoms with Crippen molar-refractivity contribution in [1.29, 1.82) is 0 Å². The number of hydrogen-bond acceptors (Lipinski definition) is 6. The average molecular weight is 447 g/mol. The zero-order chi connectivity index (χ0) is 18.3. The molecule has 1 aromatic carbocycles. The van der Waals surface area contributed by atoms with Gasteiger partial charge in [-0.1, -0.05) is 34.1 Å². The van der Waals surface area contributed by atoms with E-state index in [4.69, 9.17) is 0 Å². The zero-order valence-electron chi connectivity index (χ0n) is 13.1. The lowest BCUT2D eigenvalue weighted by Gasteiger charge is -2.24. The summed E-state index contributed by atoms with van der Waals surface area (Å²) in [5.74, 6) is -1.50. The van der Waals surface area contributed by atoms with Gasteiger partial charge >= 0.3 is 0 Å². The fourth-order valence-electron chi connectivity index (χ4n) is 2.90. The summed E-state index contributed by atoms with van der Waals surface area (Å²) in [6.45, 7) is 0. The molecule has 8 heteroatoms. The van der Waals surface area contributed by atoms with Crippen LogP contribution in [0.1, 0.15) is 21.3 Å². The summed E-state index contributed by atoms with van der Waals surface area (Å²) in [6.07, 6.45) is 1.58. The summed E-state index contributed by atoms with van der Waals surface area (Å²) in [5.41, 5.74) is 0.789. The number of thiophene rings is 1. The normalized spacial score (nSPS) is 17.2. The highest BCUT2D eigenvalue weighted by Gasteiger charge is 2.45. The van der Waals surface area contributed by atoms with Gasteiger partial charge in [-0.15, -0.1) is 22.7 Å². The van der Waals surface area contributed by atoms with E-state index in [1.807, 2.05) is 24.3 Å². The van der Waals surface area contributed by atoms with E-state index in [1.165, 1.54) is 27.6 Å². The number of halogens is 1. The quantitative estimate of drug-likeness (QED) is 0.586. The number of nitrogens with zero attached hydrogens (tertiary/aromatic N) is 2. The predicted molar refractivity (Wildman–Crippen MR) is 105 cm³/mol.